The second kappa shape index (κ2) is 6.76. The van der Waals surface area contributed by atoms with Crippen LogP contribution in [0.5, 0.6) is 0 Å². The molecule has 1 aromatic rings. The Hall–Kier alpha value is -1.88. The molecule has 1 atom stereocenters. The van der Waals surface area contributed by atoms with Gasteiger partial charge in [0.1, 0.15) is 0 Å². The summed E-state index contributed by atoms with van der Waals surface area (Å²) in [5, 5.41) is 9.09. The summed E-state index contributed by atoms with van der Waals surface area (Å²) in [6.45, 7) is 2.18. The molecule has 5 nitrogen and oxygen atoms in total. The van der Waals surface area contributed by atoms with Gasteiger partial charge in [-0.1, -0.05) is 18.2 Å². The van der Waals surface area contributed by atoms with E-state index in [1.54, 1.807) is 37.3 Å². The fourth-order valence-corrected chi connectivity index (χ4v) is 1.50. The van der Waals surface area contributed by atoms with Crippen molar-refractivity contribution in [1.82, 2.24) is 4.90 Å². The Morgan fingerprint density at radius 3 is 2.44 bits per heavy atom. The van der Waals surface area contributed by atoms with Crippen molar-refractivity contribution in [2.75, 3.05) is 20.3 Å². The molecule has 0 aliphatic carbocycles. The zero-order chi connectivity index (χ0) is 13.5. The molecule has 0 aromatic heterocycles. The second-order valence-electron chi connectivity index (χ2n) is 3.80. The van der Waals surface area contributed by atoms with Gasteiger partial charge < -0.3 is 14.7 Å². The standard InChI is InChI=1S/C13H17NO4/c1-3-18-9-11(13(16)17)14(2)12(15)10-7-5-4-6-8-10/h4-8,11H,3,9H2,1-2H3,(H,16,17). The summed E-state index contributed by atoms with van der Waals surface area (Å²) in [5.74, 6) is -1.40. The van der Waals surface area contributed by atoms with Crippen molar-refractivity contribution in [2.45, 2.75) is 13.0 Å². The van der Waals surface area contributed by atoms with Gasteiger partial charge in [-0.15, -0.1) is 0 Å². The topological polar surface area (TPSA) is 66.8 Å². The van der Waals surface area contributed by atoms with Crippen LogP contribution in [0, 0.1) is 0 Å². The van der Waals surface area contributed by atoms with Gasteiger partial charge in [-0.3, -0.25) is 4.79 Å². The maximum absolute atomic E-state index is 12.1. The molecule has 98 valence electrons. The van der Waals surface area contributed by atoms with E-state index in [0.717, 1.165) is 0 Å². The summed E-state index contributed by atoms with van der Waals surface area (Å²) in [5.41, 5.74) is 0.461. The Balaban J connectivity index is 2.80. The highest BCUT2D eigenvalue weighted by Crippen LogP contribution is 2.07. The minimum Gasteiger partial charge on any atom is -0.480 e. The number of carboxylic acid groups (broad SMARTS) is 1. The van der Waals surface area contributed by atoms with E-state index in [9.17, 15) is 9.59 Å². The monoisotopic (exact) mass is 251 g/mol. The van der Waals surface area contributed by atoms with Gasteiger partial charge in [0.05, 0.1) is 6.61 Å². The van der Waals surface area contributed by atoms with Crippen LogP contribution in [0.25, 0.3) is 0 Å². The molecule has 0 bridgehead atoms. The van der Waals surface area contributed by atoms with Gasteiger partial charge in [0, 0.05) is 19.2 Å². The normalized spacial score (nSPS) is 11.9. The van der Waals surface area contributed by atoms with Crippen molar-refractivity contribution in [3.8, 4) is 0 Å². The van der Waals surface area contributed by atoms with Gasteiger partial charge in [-0.25, -0.2) is 4.79 Å². The molecule has 18 heavy (non-hydrogen) atoms. The summed E-state index contributed by atoms with van der Waals surface area (Å²) in [6, 6.07) is 7.60. The number of aliphatic carboxylic acids is 1. The van der Waals surface area contributed by atoms with Crippen LogP contribution in [-0.2, 0) is 9.53 Å². The van der Waals surface area contributed by atoms with E-state index in [2.05, 4.69) is 0 Å². The number of nitrogens with zero attached hydrogens (tertiary/aromatic N) is 1. The maximum Gasteiger partial charge on any atom is 0.328 e. The highest BCUT2D eigenvalue weighted by molar-refractivity contribution is 5.96. The third kappa shape index (κ3) is 3.56. The molecule has 1 N–H and O–H groups in total. The van der Waals surface area contributed by atoms with Crippen molar-refractivity contribution >= 4 is 11.9 Å². The fraction of sp³-hybridized carbons (Fsp3) is 0.385. The Kier molecular flexibility index (Phi) is 5.32. The van der Waals surface area contributed by atoms with E-state index < -0.39 is 12.0 Å². The molecule has 0 radical (unpaired) electrons. The Labute approximate surface area is 106 Å². The van der Waals surface area contributed by atoms with Crippen LogP contribution in [-0.4, -0.2) is 48.2 Å². The van der Waals surface area contributed by atoms with Crippen molar-refractivity contribution in [3.05, 3.63) is 35.9 Å². The van der Waals surface area contributed by atoms with Gasteiger partial charge in [-0.2, -0.15) is 0 Å². The molecule has 0 aliphatic rings. The van der Waals surface area contributed by atoms with E-state index in [-0.39, 0.29) is 12.5 Å². The number of benzene rings is 1. The van der Waals surface area contributed by atoms with Crippen LogP contribution < -0.4 is 0 Å². The number of likely N-dealkylation sites (N-methyl/N-ethyl adjacent to an activating group) is 1. The van der Waals surface area contributed by atoms with Crippen molar-refractivity contribution < 1.29 is 19.4 Å². The highest BCUT2D eigenvalue weighted by Gasteiger charge is 2.27. The van der Waals surface area contributed by atoms with Gasteiger partial charge >= 0.3 is 5.97 Å². The number of carboxylic acids is 1. The van der Waals surface area contributed by atoms with Crippen LogP contribution in [0.2, 0.25) is 0 Å². The molecule has 0 saturated heterocycles. The van der Waals surface area contributed by atoms with E-state index in [0.29, 0.717) is 12.2 Å². The van der Waals surface area contributed by atoms with E-state index in [1.165, 1.54) is 11.9 Å². The zero-order valence-electron chi connectivity index (χ0n) is 10.5. The SMILES string of the molecule is CCOCC(C(=O)O)N(C)C(=O)c1ccccc1. The Morgan fingerprint density at radius 2 is 1.94 bits per heavy atom. The molecule has 1 unspecified atom stereocenters. The van der Waals surface area contributed by atoms with Crippen LogP contribution in [0.15, 0.2) is 30.3 Å². The summed E-state index contributed by atoms with van der Waals surface area (Å²) in [4.78, 5) is 24.4. The van der Waals surface area contributed by atoms with Gasteiger partial charge in [0.2, 0.25) is 0 Å². The number of ether oxygens (including phenoxy) is 1. The average molecular weight is 251 g/mol. The lowest BCUT2D eigenvalue weighted by molar-refractivity contribution is -0.144. The smallest absolute Gasteiger partial charge is 0.328 e. The molecule has 1 aromatic carbocycles. The van der Waals surface area contributed by atoms with Crippen LogP contribution in [0.4, 0.5) is 0 Å². The van der Waals surface area contributed by atoms with E-state index >= 15 is 0 Å². The molecule has 0 spiro atoms. The first kappa shape index (κ1) is 14.2. The van der Waals surface area contributed by atoms with Gasteiger partial charge in [-0.05, 0) is 19.1 Å². The summed E-state index contributed by atoms with van der Waals surface area (Å²) >= 11 is 0. The quantitative estimate of drug-likeness (QED) is 0.826. The molecule has 0 fully saturated rings. The first-order valence-electron chi connectivity index (χ1n) is 5.70. The molecule has 1 amide bonds. The van der Waals surface area contributed by atoms with Crippen molar-refractivity contribution in [3.63, 3.8) is 0 Å². The summed E-state index contributed by atoms with van der Waals surface area (Å²) < 4.78 is 5.09. The Morgan fingerprint density at radius 1 is 1.33 bits per heavy atom. The fourth-order valence-electron chi connectivity index (χ4n) is 1.50. The van der Waals surface area contributed by atoms with Gasteiger partial charge in [0.15, 0.2) is 6.04 Å². The van der Waals surface area contributed by atoms with E-state index in [1.807, 2.05) is 0 Å². The maximum atomic E-state index is 12.1. The zero-order valence-corrected chi connectivity index (χ0v) is 10.5. The molecule has 1 rings (SSSR count). The van der Waals surface area contributed by atoms with E-state index in [4.69, 9.17) is 9.84 Å². The summed E-state index contributed by atoms with van der Waals surface area (Å²) in [7, 11) is 1.47. The lowest BCUT2D eigenvalue weighted by Gasteiger charge is -2.24. The number of carbonyl (C=O) groups excluding carboxylic acids is 1. The number of hydrogen-bond acceptors (Lipinski definition) is 3. The molecular weight excluding hydrogens is 234 g/mol. The molecule has 0 aliphatic heterocycles. The van der Waals surface area contributed by atoms with Crippen LogP contribution in [0.1, 0.15) is 17.3 Å². The van der Waals surface area contributed by atoms with Crippen LogP contribution in [0.3, 0.4) is 0 Å². The number of rotatable bonds is 6. The molecule has 0 saturated carbocycles. The molecule has 5 heteroatoms. The Bertz CT molecular complexity index is 405. The average Bonchev–Trinajstić information content (AvgIpc) is 2.38. The lowest BCUT2D eigenvalue weighted by Crippen LogP contribution is -2.45. The second-order valence-corrected chi connectivity index (χ2v) is 3.80. The highest BCUT2D eigenvalue weighted by atomic mass is 16.5. The predicted octanol–water partition coefficient (Wildman–Crippen LogP) is 1.25. The molecule has 0 heterocycles. The number of carbonyl (C=O) groups is 2. The largest absolute Gasteiger partial charge is 0.480 e. The van der Waals surface area contributed by atoms with Crippen molar-refractivity contribution in [1.29, 1.82) is 0 Å². The predicted molar refractivity (Wildman–Crippen MR) is 66.5 cm³/mol. The van der Waals surface area contributed by atoms with Gasteiger partial charge in [0.25, 0.3) is 5.91 Å². The minimum atomic E-state index is -1.07. The van der Waals surface area contributed by atoms with Crippen molar-refractivity contribution in [2.24, 2.45) is 0 Å². The third-order valence-electron chi connectivity index (χ3n) is 2.57. The number of amides is 1. The van der Waals surface area contributed by atoms with Crippen LogP contribution >= 0.6 is 0 Å². The first-order valence-corrected chi connectivity index (χ1v) is 5.70. The summed E-state index contributed by atoms with van der Waals surface area (Å²) in [6.07, 6.45) is 0. The molecular formula is C13H17NO4. The first-order chi connectivity index (χ1) is 8.57. The third-order valence-corrected chi connectivity index (χ3v) is 2.57. The number of hydrogen-bond donors (Lipinski definition) is 1. The lowest BCUT2D eigenvalue weighted by atomic mass is 10.1. The minimum absolute atomic E-state index is 0.0130.